The van der Waals surface area contributed by atoms with Crippen LogP contribution < -0.4 is 5.32 Å². The summed E-state index contributed by atoms with van der Waals surface area (Å²) in [5, 5.41) is 2.11. The number of nitrogens with zero attached hydrogens (tertiary/aromatic N) is 2. The van der Waals surface area contributed by atoms with E-state index < -0.39 is 23.8 Å². The lowest BCUT2D eigenvalue weighted by Crippen LogP contribution is -2.58. The minimum Gasteiger partial charge on any atom is -0.316 e. The summed E-state index contributed by atoms with van der Waals surface area (Å²) in [7, 11) is 0. The Labute approximate surface area is 129 Å². The number of rotatable bonds is 1. The number of piperazine rings is 1. The van der Waals surface area contributed by atoms with Crippen LogP contribution in [0.3, 0.4) is 0 Å². The second kappa shape index (κ2) is 5.55. The van der Waals surface area contributed by atoms with Gasteiger partial charge in [0.25, 0.3) is 5.91 Å². The third-order valence-corrected chi connectivity index (χ3v) is 4.04. The summed E-state index contributed by atoms with van der Waals surface area (Å²) in [6, 6.07) is -0.812. The first-order valence-electron chi connectivity index (χ1n) is 5.47. The van der Waals surface area contributed by atoms with Crippen molar-refractivity contribution in [1.82, 2.24) is 15.2 Å². The standard InChI is InChI=1S/C11H8Cl3N3O3/c1-4-10(19)16-6(18)3-17(4)11(20)9-8(14)7(13)5(12)2-15-9/h2,4H,3H2,1H3,(H,16,18,19). The van der Waals surface area contributed by atoms with Crippen LogP contribution in [-0.4, -0.2) is 40.2 Å². The number of hydrogen-bond donors (Lipinski definition) is 1. The Bertz CT molecular complexity index is 620. The van der Waals surface area contributed by atoms with Gasteiger partial charge >= 0.3 is 0 Å². The minimum absolute atomic E-state index is 0.00729. The van der Waals surface area contributed by atoms with Gasteiger partial charge < -0.3 is 4.90 Å². The fourth-order valence-corrected chi connectivity index (χ4v) is 2.25. The SMILES string of the molecule is CC1C(=O)NC(=O)CN1C(=O)c1ncc(Cl)c(Cl)c1Cl. The predicted octanol–water partition coefficient (Wildman–Crippen LogP) is 1.53. The lowest BCUT2D eigenvalue weighted by atomic mass is 10.1. The predicted molar refractivity (Wildman–Crippen MR) is 72.9 cm³/mol. The number of amides is 3. The molecule has 1 aromatic rings. The van der Waals surface area contributed by atoms with Crippen molar-refractivity contribution >= 4 is 52.5 Å². The van der Waals surface area contributed by atoms with Crippen molar-refractivity contribution in [3.05, 3.63) is 27.0 Å². The molecule has 0 aromatic carbocycles. The van der Waals surface area contributed by atoms with Gasteiger partial charge in [0.15, 0.2) is 0 Å². The smallest absolute Gasteiger partial charge is 0.275 e. The van der Waals surface area contributed by atoms with Crippen LogP contribution in [0.2, 0.25) is 15.1 Å². The molecule has 106 valence electrons. The Balaban J connectivity index is 2.38. The Morgan fingerprint density at radius 1 is 1.35 bits per heavy atom. The molecule has 3 amide bonds. The number of nitrogens with one attached hydrogen (secondary N) is 1. The van der Waals surface area contributed by atoms with E-state index in [9.17, 15) is 14.4 Å². The normalized spacial score (nSPS) is 19.0. The summed E-state index contributed by atoms with van der Waals surface area (Å²) in [5.74, 6) is -1.80. The summed E-state index contributed by atoms with van der Waals surface area (Å²) >= 11 is 17.5. The second-order valence-electron chi connectivity index (χ2n) is 4.10. The van der Waals surface area contributed by atoms with Crippen LogP contribution in [0.4, 0.5) is 0 Å². The molecule has 1 saturated heterocycles. The topological polar surface area (TPSA) is 79.4 Å². The molecule has 9 heteroatoms. The second-order valence-corrected chi connectivity index (χ2v) is 5.27. The third-order valence-electron chi connectivity index (χ3n) is 2.80. The summed E-state index contributed by atoms with van der Waals surface area (Å²) < 4.78 is 0. The monoisotopic (exact) mass is 335 g/mol. The molecule has 0 bridgehead atoms. The van der Waals surface area contributed by atoms with Gasteiger partial charge in [0.2, 0.25) is 11.8 Å². The van der Waals surface area contributed by atoms with E-state index >= 15 is 0 Å². The van der Waals surface area contributed by atoms with Gasteiger partial charge in [-0.05, 0) is 6.92 Å². The van der Waals surface area contributed by atoms with E-state index in [1.807, 2.05) is 0 Å². The maximum atomic E-state index is 12.3. The Hall–Kier alpha value is -1.37. The van der Waals surface area contributed by atoms with E-state index in [-0.39, 0.29) is 27.3 Å². The van der Waals surface area contributed by atoms with Crippen LogP contribution in [0.25, 0.3) is 0 Å². The van der Waals surface area contributed by atoms with Crippen molar-refractivity contribution < 1.29 is 14.4 Å². The number of pyridine rings is 1. The largest absolute Gasteiger partial charge is 0.316 e. The molecular formula is C11H8Cl3N3O3. The zero-order valence-electron chi connectivity index (χ0n) is 10.1. The van der Waals surface area contributed by atoms with Gasteiger partial charge in [0.05, 0.1) is 15.1 Å². The first-order chi connectivity index (χ1) is 9.32. The molecule has 0 radical (unpaired) electrons. The fourth-order valence-electron chi connectivity index (χ4n) is 1.69. The quantitative estimate of drug-likeness (QED) is 0.789. The lowest BCUT2D eigenvalue weighted by Gasteiger charge is -2.31. The average Bonchev–Trinajstić information content (AvgIpc) is 2.39. The Morgan fingerprint density at radius 3 is 2.65 bits per heavy atom. The number of imide groups is 1. The highest BCUT2D eigenvalue weighted by atomic mass is 35.5. The van der Waals surface area contributed by atoms with Gasteiger partial charge in [-0.1, -0.05) is 34.8 Å². The highest BCUT2D eigenvalue weighted by molar-refractivity contribution is 6.48. The molecule has 2 rings (SSSR count). The lowest BCUT2D eigenvalue weighted by molar-refractivity contribution is -0.138. The molecule has 6 nitrogen and oxygen atoms in total. The van der Waals surface area contributed by atoms with Crippen molar-refractivity contribution in [2.24, 2.45) is 0 Å². The maximum Gasteiger partial charge on any atom is 0.275 e. The van der Waals surface area contributed by atoms with Crippen LogP contribution in [-0.2, 0) is 9.59 Å². The fraction of sp³-hybridized carbons (Fsp3) is 0.273. The van der Waals surface area contributed by atoms with E-state index in [0.29, 0.717) is 0 Å². The van der Waals surface area contributed by atoms with Crippen LogP contribution >= 0.6 is 34.8 Å². The first kappa shape index (κ1) is 15.0. The molecule has 1 N–H and O–H groups in total. The molecule has 1 aromatic heterocycles. The van der Waals surface area contributed by atoms with E-state index in [2.05, 4.69) is 10.3 Å². The molecule has 1 aliphatic heterocycles. The molecule has 1 aliphatic rings. The van der Waals surface area contributed by atoms with Gasteiger partial charge in [-0.25, -0.2) is 4.98 Å². The van der Waals surface area contributed by atoms with Crippen LogP contribution in [0, 0.1) is 0 Å². The van der Waals surface area contributed by atoms with Crippen LogP contribution in [0.1, 0.15) is 17.4 Å². The number of aromatic nitrogens is 1. The molecule has 0 saturated carbocycles. The number of hydrogen-bond acceptors (Lipinski definition) is 4. The van der Waals surface area contributed by atoms with Crippen molar-refractivity contribution in [2.75, 3.05) is 6.54 Å². The van der Waals surface area contributed by atoms with E-state index in [4.69, 9.17) is 34.8 Å². The minimum atomic E-state index is -0.812. The van der Waals surface area contributed by atoms with Crippen molar-refractivity contribution in [2.45, 2.75) is 13.0 Å². The highest BCUT2D eigenvalue weighted by Gasteiger charge is 2.35. The molecule has 1 unspecified atom stereocenters. The number of halogens is 3. The molecule has 20 heavy (non-hydrogen) atoms. The van der Waals surface area contributed by atoms with Crippen molar-refractivity contribution in [3.63, 3.8) is 0 Å². The first-order valence-corrected chi connectivity index (χ1v) is 6.60. The summed E-state index contributed by atoms with van der Waals surface area (Å²) in [6.45, 7) is 1.23. The van der Waals surface area contributed by atoms with Gasteiger partial charge in [-0.3, -0.25) is 19.7 Å². The maximum absolute atomic E-state index is 12.3. The molecule has 0 aliphatic carbocycles. The average molecular weight is 337 g/mol. The van der Waals surface area contributed by atoms with E-state index in [1.54, 1.807) is 0 Å². The highest BCUT2D eigenvalue weighted by Crippen LogP contribution is 2.31. The number of carbonyl (C=O) groups is 3. The summed E-state index contributed by atoms with van der Waals surface area (Å²) in [5.41, 5.74) is -0.157. The van der Waals surface area contributed by atoms with Crippen molar-refractivity contribution in [3.8, 4) is 0 Å². The summed E-state index contributed by atoms with van der Waals surface area (Å²) in [4.78, 5) is 40.1. The third kappa shape index (κ3) is 2.59. The van der Waals surface area contributed by atoms with E-state index in [0.717, 1.165) is 4.90 Å². The molecule has 1 fully saturated rings. The Kier molecular flexibility index (Phi) is 4.17. The Morgan fingerprint density at radius 2 is 2.00 bits per heavy atom. The molecule has 0 spiro atoms. The van der Waals surface area contributed by atoms with Crippen LogP contribution in [0.15, 0.2) is 6.20 Å². The van der Waals surface area contributed by atoms with Gasteiger partial charge in [0.1, 0.15) is 18.3 Å². The van der Waals surface area contributed by atoms with Gasteiger partial charge in [0, 0.05) is 6.20 Å². The molecule has 2 heterocycles. The number of carbonyl (C=O) groups excluding carboxylic acids is 3. The van der Waals surface area contributed by atoms with Gasteiger partial charge in [-0.15, -0.1) is 0 Å². The van der Waals surface area contributed by atoms with Crippen molar-refractivity contribution in [1.29, 1.82) is 0 Å². The van der Waals surface area contributed by atoms with Gasteiger partial charge in [-0.2, -0.15) is 0 Å². The van der Waals surface area contributed by atoms with Crippen LogP contribution in [0.5, 0.6) is 0 Å². The zero-order valence-corrected chi connectivity index (χ0v) is 12.4. The van der Waals surface area contributed by atoms with E-state index in [1.165, 1.54) is 13.1 Å². The summed E-state index contributed by atoms with van der Waals surface area (Å²) in [6.07, 6.45) is 1.18. The molecule has 1 atom stereocenters. The molecular weight excluding hydrogens is 328 g/mol. The zero-order chi connectivity index (χ0) is 15.0.